The SMILES string of the molecule is CCCCCC[C@@H]1OC(=O)[C@]2(C3(C(=O)OC)CC4c5ccccc5C3c3ccccc34)O[C@H]12. The van der Waals surface area contributed by atoms with Gasteiger partial charge in [0.15, 0.2) is 0 Å². The van der Waals surface area contributed by atoms with E-state index in [2.05, 4.69) is 31.2 Å². The summed E-state index contributed by atoms with van der Waals surface area (Å²) in [5.74, 6) is -1.05. The smallest absolute Gasteiger partial charge is 0.342 e. The van der Waals surface area contributed by atoms with Gasteiger partial charge in [-0.1, -0.05) is 74.7 Å². The summed E-state index contributed by atoms with van der Waals surface area (Å²) in [6.07, 6.45) is 5.01. The van der Waals surface area contributed by atoms with Gasteiger partial charge in [-0.05, 0) is 41.5 Å². The number of unbranched alkanes of at least 4 members (excludes halogenated alkanes) is 3. The Labute approximate surface area is 194 Å². The third kappa shape index (κ3) is 2.57. The second-order valence-corrected chi connectivity index (χ2v) is 9.98. The average molecular weight is 447 g/mol. The Morgan fingerprint density at radius 1 is 1.00 bits per heavy atom. The van der Waals surface area contributed by atoms with Crippen LogP contribution in [0.3, 0.4) is 0 Å². The van der Waals surface area contributed by atoms with E-state index in [1.807, 2.05) is 24.3 Å². The monoisotopic (exact) mass is 446 g/mol. The molecular weight excluding hydrogens is 416 g/mol. The van der Waals surface area contributed by atoms with Crippen molar-refractivity contribution >= 4 is 11.9 Å². The van der Waals surface area contributed by atoms with Crippen LogP contribution < -0.4 is 0 Å². The van der Waals surface area contributed by atoms with E-state index in [-0.39, 0.29) is 36.0 Å². The van der Waals surface area contributed by atoms with E-state index in [9.17, 15) is 9.59 Å². The van der Waals surface area contributed by atoms with E-state index in [0.717, 1.165) is 36.8 Å². The summed E-state index contributed by atoms with van der Waals surface area (Å²) in [4.78, 5) is 27.3. The van der Waals surface area contributed by atoms with Crippen molar-refractivity contribution in [3.63, 3.8) is 0 Å². The molecule has 2 aromatic carbocycles. The highest BCUT2D eigenvalue weighted by Crippen LogP contribution is 2.72. The van der Waals surface area contributed by atoms with Gasteiger partial charge >= 0.3 is 11.9 Å². The Morgan fingerprint density at radius 2 is 1.64 bits per heavy atom. The van der Waals surface area contributed by atoms with Gasteiger partial charge in [0.05, 0.1) is 7.11 Å². The van der Waals surface area contributed by atoms with Crippen LogP contribution in [0.1, 0.15) is 79.5 Å². The van der Waals surface area contributed by atoms with Gasteiger partial charge in [0.25, 0.3) is 0 Å². The highest BCUT2D eigenvalue weighted by Gasteiger charge is 2.86. The van der Waals surface area contributed by atoms with Crippen molar-refractivity contribution in [3.05, 3.63) is 70.8 Å². The zero-order valence-corrected chi connectivity index (χ0v) is 19.2. The molecule has 2 heterocycles. The maximum absolute atomic E-state index is 13.8. The molecule has 0 saturated carbocycles. The molecule has 2 saturated heterocycles. The van der Waals surface area contributed by atoms with Crippen LogP contribution >= 0.6 is 0 Å². The van der Waals surface area contributed by atoms with Gasteiger partial charge in [0.2, 0.25) is 5.60 Å². The molecule has 2 bridgehead atoms. The Balaban J connectivity index is 1.47. The number of cyclic esters (lactones) is 1. The summed E-state index contributed by atoms with van der Waals surface area (Å²) in [5.41, 5.74) is 2.27. The summed E-state index contributed by atoms with van der Waals surface area (Å²) >= 11 is 0. The Hall–Kier alpha value is -2.66. The van der Waals surface area contributed by atoms with Gasteiger partial charge in [-0.15, -0.1) is 0 Å². The summed E-state index contributed by atoms with van der Waals surface area (Å²) in [6, 6.07) is 16.6. The highest BCUT2D eigenvalue weighted by molar-refractivity contribution is 5.98. The van der Waals surface area contributed by atoms with Crippen LogP contribution in [0, 0.1) is 5.41 Å². The molecule has 4 atom stereocenters. The number of carbonyl (C=O) groups is 2. The van der Waals surface area contributed by atoms with Crippen LogP contribution in [0.5, 0.6) is 0 Å². The zero-order valence-electron chi connectivity index (χ0n) is 19.2. The van der Waals surface area contributed by atoms with E-state index in [1.54, 1.807) is 0 Å². The van der Waals surface area contributed by atoms with Crippen molar-refractivity contribution in [1.82, 2.24) is 0 Å². The average Bonchev–Trinajstić information content (AvgIpc) is 3.56. The van der Waals surface area contributed by atoms with Gasteiger partial charge in [0.1, 0.15) is 17.6 Å². The number of ether oxygens (including phenoxy) is 3. The lowest BCUT2D eigenvalue weighted by atomic mass is 9.47. The second-order valence-electron chi connectivity index (χ2n) is 9.98. The first-order chi connectivity index (χ1) is 16.1. The minimum Gasteiger partial charge on any atom is -0.468 e. The molecule has 3 aliphatic carbocycles. The molecule has 0 aromatic heterocycles. The number of carbonyl (C=O) groups excluding carboxylic acids is 2. The number of fused-ring (bicyclic) bond motifs is 3. The van der Waals surface area contributed by atoms with E-state index < -0.39 is 11.0 Å². The fourth-order valence-corrected chi connectivity index (χ4v) is 7.09. The number of epoxide rings is 1. The van der Waals surface area contributed by atoms with Gasteiger partial charge in [-0.3, -0.25) is 4.79 Å². The Morgan fingerprint density at radius 3 is 2.21 bits per heavy atom. The van der Waals surface area contributed by atoms with Crippen molar-refractivity contribution in [3.8, 4) is 0 Å². The van der Waals surface area contributed by atoms with Crippen molar-refractivity contribution in [2.75, 3.05) is 7.11 Å². The lowest BCUT2D eigenvalue weighted by molar-refractivity contribution is -0.174. The minimum absolute atomic E-state index is 0.0112. The quantitative estimate of drug-likeness (QED) is 0.345. The van der Waals surface area contributed by atoms with Crippen LogP contribution in [0.15, 0.2) is 48.5 Å². The summed E-state index contributed by atoms with van der Waals surface area (Å²) in [6.45, 7) is 2.18. The van der Waals surface area contributed by atoms with Crippen molar-refractivity contribution in [2.45, 2.75) is 75.1 Å². The molecule has 0 amide bonds. The van der Waals surface area contributed by atoms with Crippen LogP contribution in [-0.2, 0) is 23.8 Å². The molecule has 172 valence electrons. The molecule has 5 heteroatoms. The first-order valence-corrected chi connectivity index (χ1v) is 12.2. The fraction of sp³-hybridized carbons (Fsp3) is 0.500. The third-order valence-electron chi connectivity index (χ3n) is 8.49. The molecule has 5 nitrogen and oxygen atoms in total. The van der Waals surface area contributed by atoms with Crippen LogP contribution in [-0.4, -0.2) is 36.9 Å². The normalized spacial score (nSPS) is 34.8. The predicted molar refractivity (Wildman–Crippen MR) is 122 cm³/mol. The maximum atomic E-state index is 13.8. The summed E-state index contributed by atoms with van der Waals surface area (Å²) in [7, 11) is 1.42. The fourth-order valence-electron chi connectivity index (χ4n) is 7.09. The topological polar surface area (TPSA) is 65.1 Å². The molecule has 0 N–H and O–H groups in total. The molecule has 2 aliphatic heterocycles. The minimum atomic E-state index is -1.26. The number of hydrogen-bond donors (Lipinski definition) is 0. The molecule has 2 fully saturated rings. The third-order valence-corrected chi connectivity index (χ3v) is 8.49. The second kappa shape index (κ2) is 7.42. The van der Waals surface area contributed by atoms with Crippen molar-refractivity contribution in [1.29, 1.82) is 0 Å². The summed E-state index contributed by atoms with van der Waals surface area (Å²) < 4.78 is 17.6. The Kier molecular flexibility index (Phi) is 4.70. The van der Waals surface area contributed by atoms with Crippen LogP contribution in [0.4, 0.5) is 0 Å². The zero-order chi connectivity index (χ0) is 22.8. The van der Waals surface area contributed by atoms with Crippen molar-refractivity contribution < 1.29 is 23.8 Å². The first kappa shape index (κ1) is 20.9. The van der Waals surface area contributed by atoms with Gasteiger partial charge in [0, 0.05) is 11.8 Å². The number of esters is 2. The van der Waals surface area contributed by atoms with E-state index in [0.29, 0.717) is 6.42 Å². The molecule has 5 aliphatic rings. The molecule has 33 heavy (non-hydrogen) atoms. The summed E-state index contributed by atoms with van der Waals surface area (Å²) in [5, 5.41) is 0. The number of benzene rings is 2. The lowest BCUT2D eigenvalue weighted by Gasteiger charge is -2.52. The standard InChI is InChI=1S/C28H30O5/c1-3-4-5-6-15-22-24-28(33-24,26(30)32-22)27(25(29)31-2)16-21-17-11-7-9-13-19(17)23(27)20-14-10-8-12-18(20)21/h7-14,21-24H,3-6,15-16H2,1-2H3/t21?,22-,23?,24+,27?,28+/m0/s1. The molecule has 7 rings (SSSR count). The highest BCUT2D eigenvalue weighted by atomic mass is 16.7. The lowest BCUT2D eigenvalue weighted by Crippen LogP contribution is -2.58. The molecule has 1 unspecified atom stereocenters. The maximum Gasteiger partial charge on any atom is 0.342 e. The molecule has 0 spiro atoms. The molecular formula is C28H30O5. The first-order valence-electron chi connectivity index (χ1n) is 12.2. The van der Waals surface area contributed by atoms with Gasteiger partial charge in [-0.2, -0.15) is 0 Å². The number of rotatable bonds is 7. The van der Waals surface area contributed by atoms with Crippen molar-refractivity contribution in [2.24, 2.45) is 5.41 Å². The molecule has 0 radical (unpaired) electrons. The van der Waals surface area contributed by atoms with E-state index in [1.165, 1.54) is 24.7 Å². The van der Waals surface area contributed by atoms with E-state index >= 15 is 0 Å². The van der Waals surface area contributed by atoms with Crippen LogP contribution in [0.2, 0.25) is 0 Å². The van der Waals surface area contributed by atoms with Gasteiger partial charge in [-0.25, -0.2) is 4.79 Å². The Bertz CT molecular complexity index is 1080. The predicted octanol–water partition coefficient (Wildman–Crippen LogP) is 4.86. The molecule has 2 aromatic rings. The number of hydrogen-bond acceptors (Lipinski definition) is 5. The van der Waals surface area contributed by atoms with Gasteiger partial charge < -0.3 is 14.2 Å². The van der Waals surface area contributed by atoms with E-state index in [4.69, 9.17) is 14.2 Å². The van der Waals surface area contributed by atoms with Crippen LogP contribution in [0.25, 0.3) is 0 Å². The largest absolute Gasteiger partial charge is 0.468 e. The number of methoxy groups -OCH3 is 1.